The van der Waals surface area contributed by atoms with E-state index in [1.165, 1.54) is 12.1 Å². The lowest BCUT2D eigenvalue weighted by Gasteiger charge is -2.07. The number of hydrogen-bond acceptors (Lipinski definition) is 1. The zero-order valence-corrected chi connectivity index (χ0v) is 9.35. The number of alkyl halides is 3. The first kappa shape index (κ1) is 10.8. The van der Waals surface area contributed by atoms with E-state index in [9.17, 15) is 18.0 Å². The van der Waals surface area contributed by atoms with Gasteiger partial charge < -0.3 is 5.32 Å². The number of benzene rings is 1. The van der Waals surface area contributed by atoms with Crippen molar-refractivity contribution in [1.29, 1.82) is 0 Å². The van der Waals surface area contributed by atoms with Crippen molar-refractivity contribution in [3.05, 3.63) is 24.3 Å². The van der Waals surface area contributed by atoms with Gasteiger partial charge in [-0.3, -0.25) is 4.79 Å². The Hall–Kier alpha value is -1.30. The van der Waals surface area contributed by atoms with E-state index >= 15 is 0 Å². The van der Waals surface area contributed by atoms with Crippen LogP contribution >= 0.6 is 0 Å². The number of halogens is 3. The second-order valence-corrected chi connectivity index (χ2v) is 3.97. The van der Waals surface area contributed by atoms with Crippen molar-refractivity contribution >= 4 is 27.0 Å². The van der Waals surface area contributed by atoms with Crippen LogP contribution in [-0.4, -0.2) is 22.3 Å². The minimum absolute atomic E-state index is 0.159. The van der Waals surface area contributed by atoms with E-state index in [1.54, 1.807) is 17.4 Å². The zero-order chi connectivity index (χ0) is 10.8. The fourth-order valence-corrected chi connectivity index (χ4v) is 1.17. The highest BCUT2D eigenvalue weighted by Crippen LogP contribution is 2.17. The van der Waals surface area contributed by atoms with E-state index in [0.717, 1.165) is 15.4 Å². The third-order valence-electron chi connectivity index (χ3n) is 1.57. The number of carbonyl (C=O) groups is 1. The SMILES string of the molecule is O=C(Nc1ccc([SiH3])cc1)C(F)(F)F. The lowest BCUT2D eigenvalue weighted by Crippen LogP contribution is -2.29. The summed E-state index contributed by atoms with van der Waals surface area (Å²) in [6, 6.07) is 6.26. The maximum Gasteiger partial charge on any atom is 0.471 e. The summed E-state index contributed by atoms with van der Waals surface area (Å²) in [5.41, 5.74) is 0.159. The van der Waals surface area contributed by atoms with Crippen molar-refractivity contribution in [2.45, 2.75) is 6.18 Å². The molecule has 0 aliphatic rings. The molecule has 0 fully saturated rings. The van der Waals surface area contributed by atoms with Crippen LogP contribution in [0.1, 0.15) is 0 Å². The van der Waals surface area contributed by atoms with Crippen LogP contribution < -0.4 is 10.5 Å². The Morgan fingerprint density at radius 3 is 2.14 bits per heavy atom. The van der Waals surface area contributed by atoms with Crippen LogP contribution in [-0.2, 0) is 4.79 Å². The molecule has 76 valence electrons. The summed E-state index contributed by atoms with van der Waals surface area (Å²) in [5.74, 6) is -1.95. The molecule has 0 saturated heterocycles. The van der Waals surface area contributed by atoms with Gasteiger partial charge in [-0.1, -0.05) is 17.3 Å². The van der Waals surface area contributed by atoms with Crippen LogP contribution in [0.3, 0.4) is 0 Å². The number of anilines is 1. The van der Waals surface area contributed by atoms with Crippen molar-refractivity contribution in [3.63, 3.8) is 0 Å². The summed E-state index contributed by atoms with van der Waals surface area (Å²) < 4.78 is 35.4. The highest BCUT2D eigenvalue weighted by molar-refractivity contribution is 6.32. The molecule has 0 unspecified atom stereocenters. The molecule has 0 saturated carbocycles. The maximum atomic E-state index is 11.8. The van der Waals surface area contributed by atoms with Crippen LogP contribution in [0.4, 0.5) is 18.9 Å². The Balaban J connectivity index is 2.71. The van der Waals surface area contributed by atoms with Gasteiger partial charge >= 0.3 is 12.1 Å². The lowest BCUT2D eigenvalue weighted by molar-refractivity contribution is -0.167. The van der Waals surface area contributed by atoms with Gasteiger partial charge in [-0.2, -0.15) is 13.2 Å². The van der Waals surface area contributed by atoms with Gasteiger partial charge in [0.25, 0.3) is 0 Å². The van der Waals surface area contributed by atoms with E-state index in [4.69, 9.17) is 0 Å². The molecule has 0 aliphatic heterocycles. The van der Waals surface area contributed by atoms with Gasteiger partial charge in [-0.05, 0) is 12.1 Å². The Morgan fingerprint density at radius 2 is 1.71 bits per heavy atom. The molecule has 1 aromatic rings. The van der Waals surface area contributed by atoms with Gasteiger partial charge in [0.2, 0.25) is 0 Å². The molecule has 0 aliphatic carbocycles. The van der Waals surface area contributed by atoms with Gasteiger partial charge in [0.15, 0.2) is 0 Å². The summed E-state index contributed by atoms with van der Waals surface area (Å²) in [7, 11) is 0.827. The molecule has 1 N–H and O–H groups in total. The van der Waals surface area contributed by atoms with E-state index in [-0.39, 0.29) is 5.69 Å². The first-order valence-electron chi connectivity index (χ1n) is 3.84. The summed E-state index contributed by atoms with van der Waals surface area (Å²) in [6.45, 7) is 0. The highest BCUT2D eigenvalue weighted by atomic mass is 28.1. The van der Waals surface area contributed by atoms with E-state index in [2.05, 4.69) is 0 Å². The first-order valence-corrected chi connectivity index (χ1v) is 4.84. The molecule has 0 bridgehead atoms. The maximum absolute atomic E-state index is 11.8. The number of hydrogen-bond donors (Lipinski definition) is 1. The smallest absolute Gasteiger partial charge is 0.318 e. The average Bonchev–Trinajstić information content (AvgIpc) is 2.07. The molecule has 1 aromatic carbocycles. The largest absolute Gasteiger partial charge is 0.471 e. The Labute approximate surface area is 81.5 Å². The summed E-state index contributed by atoms with van der Waals surface area (Å²) >= 11 is 0. The summed E-state index contributed by atoms with van der Waals surface area (Å²) in [4.78, 5) is 10.5. The predicted molar refractivity (Wildman–Crippen MR) is 50.7 cm³/mol. The standard InChI is InChI=1S/C8H8F3NOSi/c9-8(10,11)7(13)12-5-1-3-6(14)4-2-5/h1-4H,14H3,(H,12,13). The normalized spacial score (nSPS) is 11.4. The van der Waals surface area contributed by atoms with Gasteiger partial charge in [-0.15, -0.1) is 0 Å². The Morgan fingerprint density at radius 1 is 1.21 bits per heavy atom. The van der Waals surface area contributed by atoms with Crippen molar-refractivity contribution in [3.8, 4) is 0 Å². The molecule has 0 spiro atoms. The number of nitrogens with one attached hydrogen (secondary N) is 1. The van der Waals surface area contributed by atoms with Crippen molar-refractivity contribution in [2.24, 2.45) is 0 Å². The molecule has 0 atom stereocenters. The van der Waals surface area contributed by atoms with Crippen molar-refractivity contribution in [1.82, 2.24) is 0 Å². The van der Waals surface area contributed by atoms with Crippen LogP contribution in [0.15, 0.2) is 24.3 Å². The van der Waals surface area contributed by atoms with Crippen LogP contribution in [0.25, 0.3) is 0 Å². The molecule has 14 heavy (non-hydrogen) atoms. The molecular weight excluding hydrogens is 211 g/mol. The molecular formula is C8H8F3NOSi. The first-order chi connectivity index (χ1) is 6.39. The third kappa shape index (κ3) is 2.88. The molecule has 6 heteroatoms. The summed E-state index contributed by atoms with van der Waals surface area (Å²) in [5, 5.41) is 2.81. The minimum atomic E-state index is -4.83. The monoisotopic (exact) mass is 219 g/mol. The van der Waals surface area contributed by atoms with Crippen LogP contribution in [0.2, 0.25) is 0 Å². The van der Waals surface area contributed by atoms with Crippen LogP contribution in [0, 0.1) is 0 Å². The topological polar surface area (TPSA) is 29.1 Å². The predicted octanol–water partition coefficient (Wildman–Crippen LogP) is 0.178. The molecule has 0 radical (unpaired) electrons. The number of carbonyl (C=O) groups excluding carboxylic acids is 1. The highest BCUT2D eigenvalue weighted by Gasteiger charge is 2.38. The zero-order valence-electron chi connectivity index (χ0n) is 7.35. The third-order valence-corrected chi connectivity index (χ3v) is 2.23. The van der Waals surface area contributed by atoms with E-state index in [1.807, 2.05) is 0 Å². The molecule has 0 aromatic heterocycles. The number of rotatable bonds is 1. The van der Waals surface area contributed by atoms with Crippen molar-refractivity contribution < 1.29 is 18.0 Å². The van der Waals surface area contributed by atoms with Gasteiger partial charge in [-0.25, -0.2) is 0 Å². The van der Waals surface area contributed by atoms with Crippen LogP contribution in [0.5, 0.6) is 0 Å². The minimum Gasteiger partial charge on any atom is -0.318 e. The Bertz CT molecular complexity index is 333. The summed E-state index contributed by atoms with van der Waals surface area (Å²) in [6.07, 6.45) is -4.83. The number of amides is 1. The molecule has 2 nitrogen and oxygen atoms in total. The van der Waals surface area contributed by atoms with E-state index < -0.39 is 12.1 Å². The van der Waals surface area contributed by atoms with Gasteiger partial charge in [0, 0.05) is 15.9 Å². The second kappa shape index (κ2) is 3.83. The second-order valence-electron chi connectivity index (χ2n) is 2.82. The molecule has 1 amide bonds. The van der Waals surface area contributed by atoms with Gasteiger partial charge in [0.1, 0.15) is 0 Å². The average molecular weight is 219 g/mol. The molecule has 1 rings (SSSR count). The quantitative estimate of drug-likeness (QED) is 0.671. The Kier molecular flexibility index (Phi) is 2.95. The van der Waals surface area contributed by atoms with Crippen molar-refractivity contribution in [2.75, 3.05) is 5.32 Å². The molecule has 0 heterocycles. The van der Waals surface area contributed by atoms with Gasteiger partial charge in [0.05, 0.1) is 0 Å². The lowest BCUT2D eigenvalue weighted by atomic mass is 10.3. The fourth-order valence-electron chi connectivity index (χ4n) is 0.839. The van der Waals surface area contributed by atoms with E-state index in [0.29, 0.717) is 0 Å². The fraction of sp³-hybridized carbons (Fsp3) is 0.125.